The zero-order valence-electron chi connectivity index (χ0n) is 17.4. The van der Waals surface area contributed by atoms with Crippen LogP contribution in [0, 0.1) is 6.92 Å². The van der Waals surface area contributed by atoms with Crippen molar-refractivity contribution in [3.63, 3.8) is 0 Å². The number of benzene rings is 2. The maximum absolute atomic E-state index is 13.4. The van der Waals surface area contributed by atoms with E-state index in [1.54, 1.807) is 0 Å². The van der Waals surface area contributed by atoms with Crippen molar-refractivity contribution in [2.24, 2.45) is 0 Å². The molecule has 5 nitrogen and oxygen atoms in total. The zero-order chi connectivity index (χ0) is 23.9. The van der Waals surface area contributed by atoms with Gasteiger partial charge >= 0.3 is 6.18 Å². The van der Waals surface area contributed by atoms with Crippen LogP contribution in [0.4, 0.5) is 18.9 Å². The Morgan fingerprint density at radius 1 is 1.18 bits per heavy atom. The lowest BCUT2D eigenvalue weighted by Crippen LogP contribution is -2.31. The van der Waals surface area contributed by atoms with Crippen molar-refractivity contribution in [2.75, 3.05) is 5.32 Å². The van der Waals surface area contributed by atoms with Crippen molar-refractivity contribution in [2.45, 2.75) is 26.1 Å². The van der Waals surface area contributed by atoms with Crippen LogP contribution >= 0.6 is 22.9 Å². The summed E-state index contributed by atoms with van der Waals surface area (Å²) in [4.78, 5) is 32.0. The Morgan fingerprint density at radius 3 is 2.55 bits per heavy atom. The van der Waals surface area contributed by atoms with Crippen molar-refractivity contribution in [1.29, 1.82) is 0 Å². The van der Waals surface area contributed by atoms with E-state index in [0.29, 0.717) is 10.2 Å². The molecule has 4 rings (SSSR count). The number of halogens is 4. The number of aromatic nitrogens is 2. The van der Waals surface area contributed by atoms with Gasteiger partial charge in [-0.2, -0.15) is 13.2 Å². The molecule has 0 saturated heterocycles. The lowest BCUT2D eigenvalue weighted by Gasteiger charge is -2.17. The van der Waals surface area contributed by atoms with Gasteiger partial charge < -0.3 is 5.32 Å². The van der Waals surface area contributed by atoms with Gasteiger partial charge in [-0.05, 0) is 37.6 Å². The molecule has 0 spiro atoms. The van der Waals surface area contributed by atoms with Gasteiger partial charge in [-0.25, -0.2) is 4.98 Å². The molecule has 0 saturated carbocycles. The highest BCUT2D eigenvalue weighted by atomic mass is 35.5. The summed E-state index contributed by atoms with van der Waals surface area (Å²) in [7, 11) is 0. The third-order valence-corrected chi connectivity index (χ3v) is 6.57. The molecule has 0 aliphatic heterocycles. The van der Waals surface area contributed by atoms with Gasteiger partial charge in [0.1, 0.15) is 10.9 Å². The van der Waals surface area contributed by atoms with Gasteiger partial charge in [-0.3, -0.25) is 14.2 Å². The highest BCUT2D eigenvalue weighted by Crippen LogP contribution is 2.36. The van der Waals surface area contributed by atoms with E-state index in [1.807, 2.05) is 37.3 Å². The molecule has 2 heterocycles. The lowest BCUT2D eigenvalue weighted by atomic mass is 10.0. The van der Waals surface area contributed by atoms with Crippen LogP contribution in [-0.4, -0.2) is 15.5 Å². The molecule has 1 N–H and O–H groups in total. The number of amides is 1. The number of hydrogen-bond donors (Lipinski definition) is 1. The number of carbonyl (C=O) groups is 1. The number of alkyl halides is 3. The minimum Gasteiger partial charge on any atom is -0.323 e. The summed E-state index contributed by atoms with van der Waals surface area (Å²) < 4.78 is 40.3. The van der Waals surface area contributed by atoms with Crippen LogP contribution in [0.25, 0.3) is 21.3 Å². The summed E-state index contributed by atoms with van der Waals surface area (Å²) >= 11 is 7.36. The van der Waals surface area contributed by atoms with Crippen molar-refractivity contribution < 1.29 is 18.0 Å². The number of rotatable bonds is 4. The first-order valence-electron chi connectivity index (χ1n) is 9.81. The van der Waals surface area contributed by atoms with E-state index in [1.165, 1.54) is 24.6 Å². The summed E-state index contributed by atoms with van der Waals surface area (Å²) in [6.07, 6.45) is -3.32. The number of fused-ring (bicyclic) bond motifs is 1. The molecule has 1 atom stereocenters. The molecule has 0 fully saturated rings. The molecule has 10 heteroatoms. The maximum Gasteiger partial charge on any atom is 0.416 e. The van der Waals surface area contributed by atoms with Gasteiger partial charge in [0, 0.05) is 10.4 Å². The van der Waals surface area contributed by atoms with Crippen LogP contribution in [0.15, 0.2) is 59.7 Å². The Kier molecular flexibility index (Phi) is 6.02. The number of thiophene rings is 1. The Balaban J connectivity index is 1.72. The Bertz CT molecular complexity index is 1410. The minimum absolute atomic E-state index is 0.0516. The first kappa shape index (κ1) is 23.0. The van der Waals surface area contributed by atoms with E-state index in [0.717, 1.165) is 38.8 Å². The number of anilines is 1. The largest absolute Gasteiger partial charge is 0.416 e. The van der Waals surface area contributed by atoms with Crippen molar-refractivity contribution >= 4 is 44.7 Å². The number of carbonyl (C=O) groups excluding carboxylic acids is 1. The quantitative estimate of drug-likeness (QED) is 0.364. The average molecular weight is 492 g/mol. The second kappa shape index (κ2) is 8.64. The van der Waals surface area contributed by atoms with Crippen molar-refractivity contribution in [1.82, 2.24) is 9.55 Å². The van der Waals surface area contributed by atoms with E-state index >= 15 is 0 Å². The predicted molar refractivity (Wildman–Crippen MR) is 124 cm³/mol. The average Bonchev–Trinajstić information content (AvgIpc) is 3.11. The molecule has 1 unspecified atom stereocenters. The predicted octanol–water partition coefficient (Wildman–Crippen LogP) is 6.31. The van der Waals surface area contributed by atoms with Crippen LogP contribution in [0.3, 0.4) is 0 Å². The van der Waals surface area contributed by atoms with Gasteiger partial charge in [-0.15, -0.1) is 11.3 Å². The second-order valence-corrected chi connectivity index (χ2v) is 9.00. The van der Waals surface area contributed by atoms with Gasteiger partial charge in [0.25, 0.3) is 5.56 Å². The Labute approximate surface area is 195 Å². The molecule has 0 radical (unpaired) electrons. The summed E-state index contributed by atoms with van der Waals surface area (Å²) in [5.74, 6) is -0.701. The molecular weight excluding hydrogens is 475 g/mol. The normalized spacial score (nSPS) is 12.7. The van der Waals surface area contributed by atoms with Crippen LogP contribution < -0.4 is 10.9 Å². The van der Waals surface area contributed by atoms with E-state index in [2.05, 4.69) is 10.3 Å². The maximum atomic E-state index is 13.4. The Morgan fingerprint density at radius 2 is 1.88 bits per heavy atom. The fourth-order valence-electron chi connectivity index (χ4n) is 3.50. The molecule has 33 heavy (non-hydrogen) atoms. The number of hydrogen-bond acceptors (Lipinski definition) is 4. The van der Waals surface area contributed by atoms with E-state index < -0.39 is 29.2 Å². The number of aryl methyl sites for hydroxylation is 1. The minimum atomic E-state index is -4.59. The summed E-state index contributed by atoms with van der Waals surface area (Å²) in [6.45, 7) is 3.36. The van der Waals surface area contributed by atoms with Crippen LogP contribution in [0.2, 0.25) is 5.02 Å². The molecule has 0 aliphatic carbocycles. The highest BCUT2D eigenvalue weighted by Gasteiger charge is 2.31. The zero-order valence-corrected chi connectivity index (χ0v) is 19.0. The molecule has 4 aromatic rings. The molecule has 2 aromatic carbocycles. The molecular formula is C23H17ClF3N3O2S. The lowest BCUT2D eigenvalue weighted by molar-refractivity contribution is -0.137. The topological polar surface area (TPSA) is 64.0 Å². The van der Waals surface area contributed by atoms with Crippen molar-refractivity contribution in [3.8, 4) is 11.1 Å². The van der Waals surface area contributed by atoms with Gasteiger partial charge in [0.15, 0.2) is 0 Å². The first-order chi connectivity index (χ1) is 15.6. The van der Waals surface area contributed by atoms with Crippen LogP contribution in [0.1, 0.15) is 23.4 Å². The SMILES string of the molecule is Cc1sc2ncn(C(C)C(=O)Nc3cc(C(F)(F)F)ccc3Cl)c(=O)c2c1-c1ccccc1. The molecule has 0 bridgehead atoms. The fraction of sp³-hybridized carbons (Fsp3) is 0.174. The molecule has 2 aromatic heterocycles. The highest BCUT2D eigenvalue weighted by molar-refractivity contribution is 7.19. The van der Waals surface area contributed by atoms with E-state index in [4.69, 9.17) is 11.6 Å². The first-order valence-corrected chi connectivity index (χ1v) is 11.0. The van der Waals surface area contributed by atoms with E-state index in [9.17, 15) is 22.8 Å². The number of nitrogens with zero attached hydrogens (tertiary/aromatic N) is 2. The summed E-state index contributed by atoms with van der Waals surface area (Å²) in [6, 6.07) is 11.0. The molecule has 0 aliphatic rings. The second-order valence-electron chi connectivity index (χ2n) is 7.39. The van der Waals surface area contributed by atoms with Gasteiger partial charge in [0.2, 0.25) is 5.91 Å². The van der Waals surface area contributed by atoms with Crippen LogP contribution in [0.5, 0.6) is 0 Å². The Hall–Kier alpha value is -3.17. The van der Waals surface area contributed by atoms with Crippen molar-refractivity contribution in [3.05, 3.63) is 80.7 Å². The van der Waals surface area contributed by atoms with Gasteiger partial charge in [-0.1, -0.05) is 41.9 Å². The fourth-order valence-corrected chi connectivity index (χ4v) is 4.67. The summed E-state index contributed by atoms with van der Waals surface area (Å²) in [5.41, 5.74) is 0.0425. The van der Waals surface area contributed by atoms with E-state index in [-0.39, 0.29) is 10.7 Å². The molecule has 170 valence electrons. The van der Waals surface area contributed by atoms with Crippen LogP contribution in [-0.2, 0) is 11.0 Å². The van der Waals surface area contributed by atoms with Gasteiger partial charge in [0.05, 0.1) is 28.0 Å². The number of nitrogens with one attached hydrogen (secondary N) is 1. The molecule has 1 amide bonds. The summed E-state index contributed by atoms with van der Waals surface area (Å²) in [5, 5.41) is 2.73. The third-order valence-electron chi connectivity index (χ3n) is 5.22. The monoisotopic (exact) mass is 491 g/mol. The smallest absolute Gasteiger partial charge is 0.323 e. The standard InChI is InChI=1S/C23H17ClF3N3O2S/c1-12(20(31)29-17-10-15(23(25,26)27)8-9-16(17)24)30-11-28-21-19(22(30)32)18(13(2)33-21)14-6-4-3-5-7-14/h3-12H,1-2H3,(H,29,31). The third kappa shape index (κ3) is 4.38.